The van der Waals surface area contributed by atoms with Crippen LogP contribution in [0.4, 0.5) is 13.2 Å². The van der Waals surface area contributed by atoms with E-state index in [0.717, 1.165) is 6.07 Å². The number of ether oxygens (including phenoxy) is 1. The highest BCUT2D eigenvalue weighted by Crippen LogP contribution is 2.33. The lowest BCUT2D eigenvalue weighted by molar-refractivity contribution is -0.276. The average Bonchev–Trinajstić information content (AvgIpc) is 2.08. The molecule has 0 atom stereocenters. The normalized spacial score (nSPS) is 12.5. The number of aromatic nitrogens is 1. The summed E-state index contributed by atoms with van der Waals surface area (Å²) in [6.07, 6.45) is -5.10. The minimum Gasteiger partial charge on any atom is -0.503 e. The highest BCUT2D eigenvalue weighted by atomic mass is 32.2. The Hall–Kier alpha value is -1.55. The quantitative estimate of drug-likeness (QED) is 0.822. The predicted octanol–water partition coefficient (Wildman–Crippen LogP) is 0.642. The van der Waals surface area contributed by atoms with Crippen molar-refractivity contribution in [2.24, 2.45) is 5.14 Å². The Bertz CT molecular complexity index is 541. The van der Waals surface area contributed by atoms with E-state index >= 15 is 0 Å². The Morgan fingerprint density at radius 3 is 2.41 bits per heavy atom. The second-order valence-corrected chi connectivity index (χ2v) is 4.53. The molecule has 0 aliphatic heterocycles. The number of primary sulfonamides is 1. The summed E-state index contributed by atoms with van der Waals surface area (Å²) in [6.45, 7) is 1.18. The number of sulfonamides is 1. The molecule has 1 rings (SSSR count). The number of aryl methyl sites for hydroxylation is 1. The molecular formula is C7H7F3N2O4S. The topological polar surface area (TPSA) is 103 Å². The molecule has 0 amide bonds. The number of alkyl halides is 3. The van der Waals surface area contributed by atoms with E-state index in [9.17, 15) is 26.7 Å². The van der Waals surface area contributed by atoms with Crippen LogP contribution in [-0.2, 0) is 10.0 Å². The molecule has 1 heterocycles. The summed E-state index contributed by atoms with van der Waals surface area (Å²) in [5, 5.41) is 13.1. The molecule has 0 saturated heterocycles. The van der Waals surface area contributed by atoms with Gasteiger partial charge in [-0.1, -0.05) is 0 Å². The first-order chi connectivity index (χ1) is 7.50. The van der Waals surface area contributed by atoms with Gasteiger partial charge in [0.05, 0.1) is 0 Å². The van der Waals surface area contributed by atoms with Gasteiger partial charge in [0.25, 0.3) is 15.9 Å². The molecule has 0 unspecified atom stereocenters. The standard InChI is InChI=1S/C7H7F3N2O4S/c1-3-2-4(17(11,14)15)12-6(5(3)13)16-7(8,9)10/h2,13H,1H3,(H2,11,14,15). The van der Waals surface area contributed by atoms with Gasteiger partial charge in [-0.25, -0.2) is 13.6 Å². The molecule has 10 heteroatoms. The second kappa shape index (κ2) is 4.04. The minimum absolute atomic E-state index is 0.164. The second-order valence-electron chi connectivity index (χ2n) is 3.02. The molecule has 1 aromatic heterocycles. The first-order valence-corrected chi connectivity index (χ1v) is 5.54. The summed E-state index contributed by atoms with van der Waals surface area (Å²) in [7, 11) is -4.29. The number of nitrogens with zero attached hydrogens (tertiary/aromatic N) is 1. The van der Waals surface area contributed by atoms with Gasteiger partial charge in [-0.2, -0.15) is 4.98 Å². The molecule has 0 aromatic carbocycles. The SMILES string of the molecule is Cc1cc(S(N)(=O)=O)nc(OC(F)(F)F)c1O. The van der Waals surface area contributed by atoms with Crippen LogP contribution in [0, 0.1) is 6.92 Å². The first-order valence-electron chi connectivity index (χ1n) is 4.00. The number of nitrogens with two attached hydrogens (primary N) is 1. The maximum Gasteiger partial charge on any atom is 0.574 e. The van der Waals surface area contributed by atoms with Crippen molar-refractivity contribution in [3.8, 4) is 11.6 Å². The third-order valence-electron chi connectivity index (χ3n) is 1.63. The number of hydrogen-bond acceptors (Lipinski definition) is 5. The van der Waals surface area contributed by atoms with Crippen molar-refractivity contribution in [1.29, 1.82) is 0 Å². The summed E-state index contributed by atoms with van der Waals surface area (Å²) in [4.78, 5) is 2.98. The minimum atomic E-state index is -5.10. The van der Waals surface area contributed by atoms with Crippen molar-refractivity contribution < 1.29 is 31.4 Å². The van der Waals surface area contributed by atoms with Crippen molar-refractivity contribution in [3.63, 3.8) is 0 Å². The van der Waals surface area contributed by atoms with Gasteiger partial charge < -0.3 is 9.84 Å². The van der Waals surface area contributed by atoms with E-state index in [1.54, 1.807) is 0 Å². The van der Waals surface area contributed by atoms with Crippen LogP contribution in [0.15, 0.2) is 11.1 Å². The van der Waals surface area contributed by atoms with E-state index in [0.29, 0.717) is 0 Å². The van der Waals surface area contributed by atoms with E-state index in [-0.39, 0.29) is 5.56 Å². The molecule has 17 heavy (non-hydrogen) atoms. The van der Waals surface area contributed by atoms with Crippen LogP contribution in [0.2, 0.25) is 0 Å². The van der Waals surface area contributed by atoms with Gasteiger partial charge in [0.2, 0.25) is 0 Å². The molecule has 0 aliphatic rings. The molecule has 0 fully saturated rings. The summed E-state index contributed by atoms with van der Waals surface area (Å²) < 4.78 is 61.0. The Morgan fingerprint density at radius 2 is 2.00 bits per heavy atom. The van der Waals surface area contributed by atoms with Crippen LogP contribution in [0.25, 0.3) is 0 Å². The van der Waals surface area contributed by atoms with E-state index in [1.165, 1.54) is 6.92 Å². The van der Waals surface area contributed by atoms with E-state index in [2.05, 4.69) is 9.72 Å². The van der Waals surface area contributed by atoms with Crippen molar-refractivity contribution in [3.05, 3.63) is 11.6 Å². The Balaban J connectivity index is 3.36. The van der Waals surface area contributed by atoms with Crippen molar-refractivity contribution in [2.45, 2.75) is 18.3 Å². The zero-order valence-electron chi connectivity index (χ0n) is 8.32. The van der Waals surface area contributed by atoms with Gasteiger partial charge >= 0.3 is 6.36 Å². The van der Waals surface area contributed by atoms with Gasteiger partial charge in [0, 0.05) is 0 Å². The molecule has 0 radical (unpaired) electrons. The summed E-state index contributed by atoms with van der Waals surface area (Å²) in [5.74, 6) is -2.17. The van der Waals surface area contributed by atoms with Crippen molar-refractivity contribution >= 4 is 10.0 Å². The summed E-state index contributed by atoms with van der Waals surface area (Å²) in [5.41, 5.74) is -0.164. The number of halogens is 3. The van der Waals surface area contributed by atoms with E-state index < -0.39 is 33.0 Å². The third-order valence-corrected chi connectivity index (χ3v) is 2.42. The first kappa shape index (κ1) is 13.5. The van der Waals surface area contributed by atoms with Crippen LogP contribution in [0.5, 0.6) is 11.6 Å². The van der Waals surface area contributed by atoms with E-state index in [4.69, 9.17) is 5.14 Å². The fourth-order valence-corrected chi connectivity index (χ4v) is 1.49. The fourth-order valence-electron chi connectivity index (χ4n) is 0.934. The number of rotatable bonds is 2. The monoisotopic (exact) mass is 272 g/mol. The molecule has 1 aromatic rings. The zero-order valence-corrected chi connectivity index (χ0v) is 9.13. The smallest absolute Gasteiger partial charge is 0.503 e. The van der Waals surface area contributed by atoms with Crippen LogP contribution >= 0.6 is 0 Å². The number of pyridine rings is 1. The molecule has 96 valence electrons. The molecule has 0 bridgehead atoms. The van der Waals surface area contributed by atoms with Gasteiger partial charge in [0.1, 0.15) is 0 Å². The molecule has 0 aliphatic carbocycles. The lowest BCUT2D eigenvalue weighted by Crippen LogP contribution is -2.20. The predicted molar refractivity (Wildman–Crippen MR) is 48.7 cm³/mol. The Morgan fingerprint density at radius 1 is 1.47 bits per heavy atom. The molecular weight excluding hydrogens is 265 g/mol. The van der Waals surface area contributed by atoms with Crippen molar-refractivity contribution in [1.82, 2.24) is 4.98 Å². The zero-order chi connectivity index (χ0) is 13.4. The summed E-state index contributed by atoms with van der Waals surface area (Å²) >= 11 is 0. The Labute approximate surface area is 93.9 Å². The fraction of sp³-hybridized carbons (Fsp3) is 0.286. The Kier molecular flexibility index (Phi) is 3.21. The van der Waals surface area contributed by atoms with Gasteiger partial charge in [0.15, 0.2) is 10.8 Å². The average molecular weight is 272 g/mol. The highest BCUT2D eigenvalue weighted by Gasteiger charge is 2.34. The van der Waals surface area contributed by atoms with Crippen LogP contribution in [0.3, 0.4) is 0 Å². The largest absolute Gasteiger partial charge is 0.574 e. The van der Waals surface area contributed by atoms with Gasteiger partial charge in [-0.3, -0.25) is 0 Å². The lowest BCUT2D eigenvalue weighted by Gasteiger charge is -2.11. The third kappa shape index (κ3) is 3.46. The molecule has 0 saturated carbocycles. The van der Waals surface area contributed by atoms with Crippen LogP contribution < -0.4 is 9.88 Å². The van der Waals surface area contributed by atoms with E-state index in [1.807, 2.05) is 0 Å². The van der Waals surface area contributed by atoms with Gasteiger partial charge in [-0.05, 0) is 18.6 Å². The van der Waals surface area contributed by atoms with Crippen LogP contribution in [-0.4, -0.2) is 24.9 Å². The maximum absolute atomic E-state index is 11.9. The highest BCUT2D eigenvalue weighted by molar-refractivity contribution is 7.89. The van der Waals surface area contributed by atoms with Crippen LogP contribution in [0.1, 0.15) is 5.56 Å². The molecule has 6 nitrogen and oxygen atoms in total. The lowest BCUT2D eigenvalue weighted by atomic mass is 10.3. The molecule has 0 spiro atoms. The summed E-state index contributed by atoms with van der Waals surface area (Å²) in [6, 6.07) is 0.827. The number of aromatic hydroxyl groups is 1. The van der Waals surface area contributed by atoms with Gasteiger partial charge in [-0.15, -0.1) is 13.2 Å². The van der Waals surface area contributed by atoms with Crippen molar-refractivity contribution in [2.75, 3.05) is 0 Å². The number of hydrogen-bond donors (Lipinski definition) is 2. The maximum atomic E-state index is 11.9. The molecule has 3 N–H and O–H groups in total.